The Balaban J connectivity index is 2.80. The van der Waals surface area contributed by atoms with Crippen LogP contribution in [0.5, 0.6) is 5.75 Å². The molecule has 0 aliphatic heterocycles. The van der Waals surface area contributed by atoms with Crippen molar-refractivity contribution in [3.05, 3.63) is 47.0 Å². The molecule has 3 N–H and O–H groups in total. The van der Waals surface area contributed by atoms with Gasteiger partial charge in [0.15, 0.2) is 17.7 Å². The summed E-state index contributed by atoms with van der Waals surface area (Å²) >= 11 is 0. The van der Waals surface area contributed by atoms with Gasteiger partial charge in [0.05, 0.1) is 12.7 Å². The molecule has 0 spiro atoms. The number of phenolic OH excluding ortho intramolecular Hbond substituents is 1. The lowest BCUT2D eigenvalue weighted by Crippen LogP contribution is -2.24. The van der Waals surface area contributed by atoms with Gasteiger partial charge in [0.25, 0.3) is 0 Å². The monoisotopic (exact) mass is 352 g/mol. The van der Waals surface area contributed by atoms with Crippen molar-refractivity contribution in [2.45, 2.75) is 45.8 Å². The highest BCUT2D eigenvalue weighted by Crippen LogP contribution is 2.23. The lowest BCUT2D eigenvalue weighted by Gasteiger charge is -2.13. The standard InChI is InChI=1S/C19H25FO5/c1-4-25-19(24)18(23)11-13(12(2)3)6-5-7-16(21)14-8-9-17(22)15(20)10-14/h5,8-10,12,16,18,21-23H,4,7,11H2,1-3H3/t6?,16-,18-/m1/s1. The minimum absolute atomic E-state index is 0.0450. The van der Waals surface area contributed by atoms with E-state index < -0.39 is 29.7 Å². The number of rotatable bonds is 8. The second-order valence-electron chi connectivity index (χ2n) is 5.96. The van der Waals surface area contributed by atoms with E-state index in [1.54, 1.807) is 13.0 Å². The molecule has 25 heavy (non-hydrogen) atoms. The van der Waals surface area contributed by atoms with E-state index in [4.69, 9.17) is 9.84 Å². The third kappa shape index (κ3) is 6.70. The van der Waals surface area contributed by atoms with Crippen molar-refractivity contribution in [3.8, 4) is 5.75 Å². The van der Waals surface area contributed by atoms with E-state index in [1.165, 1.54) is 12.1 Å². The van der Waals surface area contributed by atoms with E-state index in [2.05, 4.69) is 5.73 Å². The summed E-state index contributed by atoms with van der Waals surface area (Å²) in [5, 5.41) is 29.1. The van der Waals surface area contributed by atoms with Crippen LogP contribution in [0.3, 0.4) is 0 Å². The molecule has 0 saturated heterocycles. The highest BCUT2D eigenvalue weighted by atomic mass is 19.1. The van der Waals surface area contributed by atoms with Crippen LogP contribution in [0.1, 0.15) is 45.3 Å². The van der Waals surface area contributed by atoms with Gasteiger partial charge in [-0.3, -0.25) is 0 Å². The van der Waals surface area contributed by atoms with E-state index in [9.17, 15) is 19.4 Å². The van der Waals surface area contributed by atoms with Gasteiger partial charge in [-0.1, -0.05) is 19.9 Å². The largest absolute Gasteiger partial charge is 0.505 e. The van der Waals surface area contributed by atoms with E-state index in [-0.39, 0.29) is 25.4 Å². The minimum atomic E-state index is -1.26. The van der Waals surface area contributed by atoms with Crippen molar-refractivity contribution in [3.63, 3.8) is 0 Å². The van der Waals surface area contributed by atoms with Gasteiger partial charge in [0, 0.05) is 12.8 Å². The second-order valence-corrected chi connectivity index (χ2v) is 5.96. The fraction of sp³-hybridized carbons (Fsp3) is 0.474. The normalized spacial score (nSPS) is 13.1. The summed E-state index contributed by atoms with van der Waals surface area (Å²) in [6.45, 7) is 5.67. The Labute approximate surface area is 147 Å². The van der Waals surface area contributed by atoms with Crippen LogP contribution in [0.4, 0.5) is 4.39 Å². The van der Waals surface area contributed by atoms with Gasteiger partial charge in [-0.25, -0.2) is 9.18 Å². The maximum Gasteiger partial charge on any atom is 0.335 e. The van der Waals surface area contributed by atoms with E-state index in [0.717, 1.165) is 6.07 Å². The third-order valence-electron chi connectivity index (χ3n) is 3.65. The molecule has 0 aromatic heterocycles. The lowest BCUT2D eigenvalue weighted by molar-refractivity contribution is -0.152. The molecule has 2 atom stereocenters. The number of ether oxygens (including phenoxy) is 1. The Morgan fingerprint density at radius 2 is 2.04 bits per heavy atom. The summed E-state index contributed by atoms with van der Waals surface area (Å²) in [4.78, 5) is 11.5. The van der Waals surface area contributed by atoms with Crippen molar-refractivity contribution in [1.82, 2.24) is 0 Å². The van der Waals surface area contributed by atoms with Gasteiger partial charge >= 0.3 is 5.97 Å². The van der Waals surface area contributed by atoms with Gasteiger partial charge in [0.2, 0.25) is 0 Å². The lowest BCUT2D eigenvalue weighted by atomic mass is 9.97. The first-order chi connectivity index (χ1) is 11.8. The molecule has 0 fully saturated rings. The molecule has 6 heteroatoms. The third-order valence-corrected chi connectivity index (χ3v) is 3.65. The van der Waals surface area contributed by atoms with Crippen LogP contribution in [0.15, 0.2) is 35.6 Å². The van der Waals surface area contributed by atoms with Crippen molar-refractivity contribution in [2.24, 2.45) is 5.92 Å². The van der Waals surface area contributed by atoms with E-state index in [0.29, 0.717) is 11.1 Å². The summed E-state index contributed by atoms with van der Waals surface area (Å²) in [7, 11) is 0. The number of aliphatic hydroxyl groups excluding tert-OH is 2. The zero-order chi connectivity index (χ0) is 19.0. The predicted molar refractivity (Wildman–Crippen MR) is 91.3 cm³/mol. The molecule has 1 rings (SSSR count). The molecule has 0 aliphatic carbocycles. The first-order valence-electron chi connectivity index (χ1n) is 8.21. The van der Waals surface area contributed by atoms with E-state index >= 15 is 0 Å². The highest BCUT2D eigenvalue weighted by Gasteiger charge is 2.19. The number of aliphatic hydroxyl groups is 2. The second kappa shape index (κ2) is 9.99. The molecule has 0 heterocycles. The number of hydrogen-bond acceptors (Lipinski definition) is 5. The van der Waals surface area contributed by atoms with Gasteiger partial charge < -0.3 is 20.1 Å². The number of phenols is 1. The molecule has 5 nitrogen and oxygen atoms in total. The van der Waals surface area contributed by atoms with Crippen LogP contribution in [0.2, 0.25) is 0 Å². The van der Waals surface area contributed by atoms with E-state index in [1.807, 2.05) is 13.8 Å². The van der Waals surface area contributed by atoms with Crippen molar-refractivity contribution in [1.29, 1.82) is 0 Å². The molecule has 1 aromatic rings. The molecule has 138 valence electrons. The first-order valence-corrected chi connectivity index (χ1v) is 8.21. The fourth-order valence-electron chi connectivity index (χ4n) is 2.16. The van der Waals surface area contributed by atoms with Crippen LogP contribution in [0.25, 0.3) is 0 Å². The van der Waals surface area contributed by atoms with Gasteiger partial charge in [0.1, 0.15) is 0 Å². The molecule has 0 radical (unpaired) electrons. The minimum Gasteiger partial charge on any atom is -0.505 e. The number of aromatic hydroxyl groups is 1. The van der Waals surface area contributed by atoms with Crippen LogP contribution in [-0.2, 0) is 9.53 Å². The van der Waals surface area contributed by atoms with Crippen LogP contribution < -0.4 is 0 Å². The molecule has 0 bridgehead atoms. The topological polar surface area (TPSA) is 87.0 Å². The Morgan fingerprint density at radius 3 is 2.60 bits per heavy atom. The average molecular weight is 352 g/mol. The van der Waals surface area contributed by atoms with Crippen molar-refractivity contribution in [2.75, 3.05) is 6.61 Å². The molecular weight excluding hydrogens is 327 g/mol. The molecule has 0 aliphatic rings. The summed E-state index contributed by atoms with van der Waals surface area (Å²) in [6.07, 6.45) is -0.351. The quantitative estimate of drug-likeness (QED) is 0.494. The van der Waals surface area contributed by atoms with Crippen molar-refractivity contribution < 1.29 is 29.2 Å². The van der Waals surface area contributed by atoms with Crippen molar-refractivity contribution >= 4 is 5.97 Å². The maximum absolute atomic E-state index is 13.3. The Kier molecular flexibility index (Phi) is 8.35. The first kappa shape index (κ1) is 20.9. The zero-order valence-electron chi connectivity index (χ0n) is 14.7. The molecule has 1 aromatic carbocycles. The molecule has 0 saturated carbocycles. The summed E-state index contributed by atoms with van der Waals surface area (Å²) < 4.78 is 18.1. The number of carbonyl (C=O) groups is 1. The Bertz CT molecular complexity index is 647. The van der Waals surface area contributed by atoms with Gasteiger partial charge in [-0.05, 0) is 42.2 Å². The zero-order valence-corrected chi connectivity index (χ0v) is 14.7. The number of benzene rings is 1. The van der Waals surface area contributed by atoms with Crippen LogP contribution in [0, 0.1) is 11.7 Å². The van der Waals surface area contributed by atoms with Crippen LogP contribution in [-0.4, -0.2) is 34.0 Å². The van der Waals surface area contributed by atoms with Gasteiger partial charge in [-0.15, -0.1) is 5.73 Å². The number of hydrogen-bond donors (Lipinski definition) is 3. The summed E-state index contributed by atoms with van der Waals surface area (Å²) in [5.74, 6) is -1.90. The summed E-state index contributed by atoms with van der Waals surface area (Å²) in [5.41, 5.74) is 4.05. The predicted octanol–water partition coefficient (Wildman–Crippen LogP) is 3.01. The van der Waals surface area contributed by atoms with Gasteiger partial charge in [-0.2, -0.15) is 0 Å². The maximum atomic E-state index is 13.3. The number of carbonyl (C=O) groups excluding carboxylic acids is 1. The Morgan fingerprint density at radius 1 is 1.36 bits per heavy atom. The molecule has 0 amide bonds. The van der Waals surface area contributed by atoms with Crippen LogP contribution >= 0.6 is 0 Å². The average Bonchev–Trinajstić information content (AvgIpc) is 2.56. The fourth-order valence-corrected chi connectivity index (χ4v) is 2.16. The molecular formula is C19H25FO5. The smallest absolute Gasteiger partial charge is 0.335 e. The summed E-state index contributed by atoms with van der Waals surface area (Å²) in [6, 6.07) is 3.70. The number of esters is 1. The molecule has 0 unspecified atom stereocenters. The highest BCUT2D eigenvalue weighted by molar-refractivity contribution is 5.74. The Hall–Kier alpha value is -2.14. The SMILES string of the molecule is CCOC(=O)[C@H](O)CC(=C=CC[C@@H](O)c1ccc(O)c(F)c1)C(C)C. The number of halogens is 1.